The predicted molar refractivity (Wildman–Crippen MR) is 54.7 cm³/mol. The van der Waals surface area contributed by atoms with Crippen LogP contribution in [0.5, 0.6) is 0 Å². The lowest BCUT2D eigenvalue weighted by Crippen LogP contribution is -1.86. The van der Waals surface area contributed by atoms with Crippen molar-refractivity contribution in [1.29, 1.82) is 0 Å². The molecule has 0 saturated heterocycles. The summed E-state index contributed by atoms with van der Waals surface area (Å²) in [6.45, 7) is 0. The molecule has 0 fully saturated rings. The number of thioether (sulfide) groups is 1. The lowest BCUT2D eigenvalue weighted by Gasteiger charge is -1.98. The molecule has 0 unspecified atom stereocenters. The van der Waals surface area contributed by atoms with Gasteiger partial charge in [0, 0.05) is 11.3 Å². The maximum absolute atomic E-state index is 5.52. The fraction of sp³-hybridized carbons (Fsp3) is 0.111. The molecule has 72 valence electrons. The van der Waals surface area contributed by atoms with Crippen molar-refractivity contribution in [2.24, 2.45) is 0 Å². The molecule has 0 bridgehead atoms. The van der Waals surface area contributed by atoms with Crippen LogP contribution >= 0.6 is 11.8 Å². The van der Waals surface area contributed by atoms with Crippen LogP contribution in [-0.2, 0) is 5.75 Å². The number of nitrogen functional groups attached to an aromatic ring is 1. The Balaban J connectivity index is 1.95. The first-order valence-corrected chi connectivity index (χ1v) is 5.06. The van der Waals surface area contributed by atoms with E-state index in [1.807, 2.05) is 12.1 Å². The van der Waals surface area contributed by atoms with E-state index in [0.717, 1.165) is 16.3 Å². The van der Waals surface area contributed by atoms with Crippen molar-refractivity contribution in [3.05, 3.63) is 36.4 Å². The molecule has 0 aliphatic rings. The van der Waals surface area contributed by atoms with Gasteiger partial charge in [-0.3, -0.25) is 0 Å². The van der Waals surface area contributed by atoms with Crippen LogP contribution < -0.4 is 5.73 Å². The van der Waals surface area contributed by atoms with Gasteiger partial charge in [-0.2, -0.15) is 0 Å². The number of hydrogen-bond donors (Lipinski definition) is 1. The summed E-state index contributed by atoms with van der Waals surface area (Å²) in [4.78, 5) is 4.16. The average Bonchev–Trinajstić information content (AvgIpc) is 2.70. The molecular formula is C9H9N3OS. The van der Waals surface area contributed by atoms with Crippen LogP contribution in [0.2, 0.25) is 0 Å². The molecular weight excluding hydrogens is 198 g/mol. The highest BCUT2D eigenvalue weighted by Gasteiger charge is 1.98. The third-order valence-electron chi connectivity index (χ3n) is 1.63. The van der Waals surface area contributed by atoms with E-state index in [-0.39, 0.29) is 0 Å². The molecule has 4 nitrogen and oxygen atoms in total. The molecule has 0 aliphatic heterocycles. The first-order chi connectivity index (χ1) is 6.84. The summed E-state index contributed by atoms with van der Waals surface area (Å²) in [6, 6.07) is 3.73. The average molecular weight is 207 g/mol. The zero-order chi connectivity index (χ0) is 9.80. The number of anilines is 1. The molecule has 2 N–H and O–H groups in total. The van der Waals surface area contributed by atoms with Gasteiger partial charge in [-0.1, -0.05) is 5.16 Å². The molecule has 2 heterocycles. The summed E-state index contributed by atoms with van der Waals surface area (Å²) >= 11 is 1.62. The Morgan fingerprint density at radius 3 is 2.93 bits per heavy atom. The van der Waals surface area contributed by atoms with Crippen LogP contribution in [0.1, 0.15) is 5.56 Å². The molecule has 0 aliphatic carbocycles. The second-order valence-electron chi connectivity index (χ2n) is 2.75. The fourth-order valence-corrected chi connectivity index (χ4v) is 1.68. The van der Waals surface area contributed by atoms with Crippen molar-refractivity contribution in [2.75, 3.05) is 5.73 Å². The lowest BCUT2D eigenvalue weighted by atomic mass is 10.4. The number of pyridine rings is 1. The molecule has 2 rings (SSSR count). The van der Waals surface area contributed by atoms with Gasteiger partial charge in [0.25, 0.3) is 0 Å². The molecule has 14 heavy (non-hydrogen) atoms. The number of aromatic nitrogens is 2. The van der Waals surface area contributed by atoms with Crippen molar-refractivity contribution < 1.29 is 4.52 Å². The summed E-state index contributed by atoms with van der Waals surface area (Å²) < 4.78 is 4.72. The van der Waals surface area contributed by atoms with Gasteiger partial charge in [0.1, 0.15) is 6.26 Å². The van der Waals surface area contributed by atoms with Gasteiger partial charge in [-0.25, -0.2) is 4.98 Å². The van der Waals surface area contributed by atoms with Crippen molar-refractivity contribution in [3.63, 3.8) is 0 Å². The smallest absolute Gasteiger partial charge is 0.127 e. The Morgan fingerprint density at radius 2 is 2.29 bits per heavy atom. The Kier molecular flexibility index (Phi) is 2.69. The number of rotatable bonds is 3. The normalized spacial score (nSPS) is 10.3. The third kappa shape index (κ3) is 2.26. The zero-order valence-electron chi connectivity index (χ0n) is 7.38. The van der Waals surface area contributed by atoms with E-state index in [1.54, 1.807) is 30.4 Å². The summed E-state index contributed by atoms with van der Waals surface area (Å²) in [7, 11) is 0. The maximum atomic E-state index is 5.52. The summed E-state index contributed by atoms with van der Waals surface area (Å²) in [5, 5.41) is 4.56. The molecule has 2 aromatic heterocycles. The van der Waals surface area contributed by atoms with E-state index < -0.39 is 0 Å². The largest absolute Gasteiger partial charge is 0.397 e. The van der Waals surface area contributed by atoms with Gasteiger partial charge in [0.2, 0.25) is 0 Å². The highest BCUT2D eigenvalue weighted by atomic mass is 32.2. The Hall–Kier alpha value is -1.49. The van der Waals surface area contributed by atoms with Crippen LogP contribution in [0.3, 0.4) is 0 Å². The molecule has 0 radical (unpaired) electrons. The predicted octanol–water partition coefficient (Wildman–Crippen LogP) is 1.94. The van der Waals surface area contributed by atoms with E-state index >= 15 is 0 Å². The van der Waals surface area contributed by atoms with E-state index in [1.165, 1.54) is 0 Å². The van der Waals surface area contributed by atoms with Crippen LogP contribution in [0, 0.1) is 0 Å². The van der Waals surface area contributed by atoms with Crippen molar-refractivity contribution >= 4 is 17.4 Å². The minimum atomic E-state index is 0.680. The van der Waals surface area contributed by atoms with Gasteiger partial charge in [0.05, 0.1) is 23.1 Å². The standard InChI is InChI=1S/C9H9N3OS/c10-8-1-2-9(11-4-8)14-6-7-3-12-13-5-7/h1-5H,6,10H2. The number of nitrogens with zero attached hydrogens (tertiary/aromatic N) is 2. The van der Waals surface area contributed by atoms with E-state index in [0.29, 0.717) is 5.69 Å². The van der Waals surface area contributed by atoms with Gasteiger partial charge in [0.15, 0.2) is 0 Å². The molecule has 0 amide bonds. The zero-order valence-corrected chi connectivity index (χ0v) is 8.20. The number of hydrogen-bond acceptors (Lipinski definition) is 5. The second-order valence-corrected chi connectivity index (χ2v) is 3.75. The van der Waals surface area contributed by atoms with Crippen molar-refractivity contribution in [3.8, 4) is 0 Å². The van der Waals surface area contributed by atoms with Gasteiger partial charge >= 0.3 is 0 Å². The molecule has 0 aromatic carbocycles. The topological polar surface area (TPSA) is 64.9 Å². The minimum absolute atomic E-state index is 0.680. The maximum Gasteiger partial charge on any atom is 0.127 e. The van der Waals surface area contributed by atoms with Gasteiger partial charge < -0.3 is 10.3 Å². The monoisotopic (exact) mass is 207 g/mol. The van der Waals surface area contributed by atoms with Crippen molar-refractivity contribution in [1.82, 2.24) is 10.1 Å². The highest BCUT2D eigenvalue weighted by molar-refractivity contribution is 7.98. The van der Waals surface area contributed by atoms with E-state index in [4.69, 9.17) is 10.3 Å². The van der Waals surface area contributed by atoms with Gasteiger partial charge in [-0.15, -0.1) is 11.8 Å². The summed E-state index contributed by atoms with van der Waals surface area (Å²) in [6.07, 6.45) is 4.98. The highest BCUT2D eigenvalue weighted by Crippen LogP contribution is 2.20. The van der Waals surface area contributed by atoms with Crippen LogP contribution in [-0.4, -0.2) is 10.1 Å². The summed E-state index contributed by atoms with van der Waals surface area (Å²) in [5.41, 5.74) is 7.25. The Labute approximate surface area is 85.5 Å². The SMILES string of the molecule is Nc1ccc(SCc2cnoc2)nc1. The van der Waals surface area contributed by atoms with E-state index in [9.17, 15) is 0 Å². The van der Waals surface area contributed by atoms with Crippen LogP contribution in [0.4, 0.5) is 5.69 Å². The molecule has 0 saturated carbocycles. The Morgan fingerprint density at radius 1 is 1.36 bits per heavy atom. The Bertz CT molecular complexity index is 385. The minimum Gasteiger partial charge on any atom is -0.397 e. The molecule has 0 spiro atoms. The number of nitrogens with two attached hydrogens (primary N) is 1. The second kappa shape index (κ2) is 4.15. The van der Waals surface area contributed by atoms with Crippen LogP contribution in [0.15, 0.2) is 40.3 Å². The molecule has 2 aromatic rings. The van der Waals surface area contributed by atoms with Crippen molar-refractivity contribution in [2.45, 2.75) is 10.8 Å². The summed E-state index contributed by atoms with van der Waals surface area (Å²) in [5.74, 6) is 0.806. The fourth-order valence-electron chi connectivity index (χ4n) is 0.932. The van der Waals surface area contributed by atoms with E-state index in [2.05, 4.69) is 10.1 Å². The molecule has 5 heteroatoms. The lowest BCUT2D eigenvalue weighted by molar-refractivity contribution is 0.419. The quantitative estimate of drug-likeness (QED) is 0.779. The first kappa shape index (κ1) is 9.08. The van der Waals surface area contributed by atoms with Crippen LogP contribution in [0.25, 0.3) is 0 Å². The molecule has 0 atom stereocenters. The third-order valence-corrected chi connectivity index (χ3v) is 2.64. The first-order valence-electron chi connectivity index (χ1n) is 4.07. The van der Waals surface area contributed by atoms with Gasteiger partial charge in [-0.05, 0) is 12.1 Å².